The lowest BCUT2D eigenvalue weighted by atomic mass is 10.8. The smallest absolute Gasteiger partial charge is 0.176 e. The maximum Gasteiger partial charge on any atom is 0.176 e. The van der Waals surface area contributed by atoms with Gasteiger partial charge in [-0.3, -0.25) is 0 Å². The van der Waals surface area contributed by atoms with E-state index in [1.54, 1.807) is 17.0 Å². The normalized spacial score (nSPS) is 10.8. The van der Waals surface area contributed by atoms with Crippen molar-refractivity contribution in [1.29, 1.82) is 0 Å². The largest absolute Gasteiger partial charge is 0.394 e. The molecule has 0 amide bonds. The molecule has 2 heterocycles. The molecule has 1 N–H and O–H groups in total. The molecule has 2 rings (SSSR count). The predicted octanol–water partition coefficient (Wildman–Crippen LogP) is -1.05. The molecule has 6 nitrogen and oxygen atoms in total. The molecule has 0 radical (unpaired) electrons. The molecule has 0 aliphatic carbocycles. The summed E-state index contributed by atoms with van der Waals surface area (Å²) in [5.74, 6) is 0. The molecule has 0 atom stereocenters. The lowest BCUT2D eigenvalue weighted by Gasteiger charge is -2.03. The van der Waals surface area contributed by atoms with Gasteiger partial charge in [-0.15, -0.1) is 4.85 Å². The van der Waals surface area contributed by atoms with E-state index in [1.807, 2.05) is 0 Å². The first-order valence-electron chi connectivity index (χ1n) is 3.51. The topological polar surface area (TPSA) is 64.6 Å². The van der Waals surface area contributed by atoms with Gasteiger partial charge in [-0.25, -0.2) is 9.97 Å². The highest BCUT2D eigenvalue weighted by atomic mass is 16.7. The number of aliphatic hydroxyl groups excluding tert-OH is 1. The fourth-order valence-corrected chi connectivity index (χ4v) is 0.920. The van der Waals surface area contributed by atoms with Crippen molar-refractivity contribution in [1.82, 2.24) is 19.3 Å². The van der Waals surface area contributed by atoms with E-state index in [-0.39, 0.29) is 13.2 Å². The SMILES string of the molecule is OCCOn1cnc2cncn21. The first kappa shape index (κ1) is 7.11. The zero-order valence-electron chi connectivity index (χ0n) is 6.29. The van der Waals surface area contributed by atoms with Crippen molar-refractivity contribution < 1.29 is 9.94 Å². The minimum Gasteiger partial charge on any atom is -0.394 e. The molecule has 0 fully saturated rings. The van der Waals surface area contributed by atoms with Crippen molar-refractivity contribution in [2.45, 2.75) is 0 Å². The highest BCUT2D eigenvalue weighted by molar-refractivity contribution is 5.31. The lowest BCUT2D eigenvalue weighted by Crippen LogP contribution is -2.18. The minimum absolute atomic E-state index is 0.0195. The van der Waals surface area contributed by atoms with E-state index in [0.717, 1.165) is 0 Å². The summed E-state index contributed by atoms with van der Waals surface area (Å²) in [4.78, 5) is 14.4. The molecule has 0 bridgehead atoms. The molecule has 12 heavy (non-hydrogen) atoms. The van der Waals surface area contributed by atoms with Crippen LogP contribution in [0.15, 0.2) is 18.9 Å². The Kier molecular flexibility index (Phi) is 1.67. The zero-order valence-corrected chi connectivity index (χ0v) is 6.29. The predicted molar refractivity (Wildman–Crippen MR) is 39.5 cm³/mol. The van der Waals surface area contributed by atoms with E-state index < -0.39 is 0 Å². The summed E-state index contributed by atoms with van der Waals surface area (Å²) in [6.07, 6.45) is 4.73. The summed E-state index contributed by atoms with van der Waals surface area (Å²) in [5.41, 5.74) is 0.716. The summed E-state index contributed by atoms with van der Waals surface area (Å²) in [6, 6.07) is 0. The molecule has 6 heteroatoms. The van der Waals surface area contributed by atoms with Crippen LogP contribution in [0.3, 0.4) is 0 Å². The number of hydrogen-bond acceptors (Lipinski definition) is 4. The summed E-state index contributed by atoms with van der Waals surface area (Å²) in [7, 11) is 0. The van der Waals surface area contributed by atoms with E-state index in [9.17, 15) is 0 Å². The highest BCUT2D eigenvalue weighted by Crippen LogP contribution is 1.95. The van der Waals surface area contributed by atoms with Crippen LogP contribution in [0.1, 0.15) is 0 Å². The quantitative estimate of drug-likeness (QED) is 0.635. The van der Waals surface area contributed by atoms with Crippen LogP contribution in [0.4, 0.5) is 0 Å². The van der Waals surface area contributed by atoms with Gasteiger partial charge >= 0.3 is 0 Å². The van der Waals surface area contributed by atoms with Gasteiger partial charge in [0.2, 0.25) is 0 Å². The van der Waals surface area contributed by atoms with Crippen LogP contribution >= 0.6 is 0 Å². The van der Waals surface area contributed by atoms with Crippen LogP contribution in [0, 0.1) is 0 Å². The lowest BCUT2D eigenvalue weighted by molar-refractivity contribution is 0.0466. The molecule has 0 aliphatic rings. The van der Waals surface area contributed by atoms with Crippen molar-refractivity contribution in [2.75, 3.05) is 13.2 Å². The van der Waals surface area contributed by atoms with Gasteiger partial charge in [0.25, 0.3) is 0 Å². The minimum atomic E-state index is -0.0195. The Hall–Kier alpha value is -1.56. The van der Waals surface area contributed by atoms with Crippen LogP contribution in [0.2, 0.25) is 0 Å². The Bertz CT molecular complexity index is 366. The fourth-order valence-electron chi connectivity index (χ4n) is 0.920. The molecular weight excluding hydrogens is 160 g/mol. The van der Waals surface area contributed by atoms with Gasteiger partial charge in [0.15, 0.2) is 12.0 Å². The summed E-state index contributed by atoms with van der Waals surface area (Å²) < 4.78 is 1.63. The van der Waals surface area contributed by atoms with Gasteiger partial charge in [0.05, 0.1) is 12.8 Å². The third-order valence-corrected chi connectivity index (χ3v) is 1.42. The Labute approximate surface area is 68.0 Å². The van der Waals surface area contributed by atoms with Gasteiger partial charge in [-0.1, -0.05) is 0 Å². The van der Waals surface area contributed by atoms with Crippen molar-refractivity contribution in [3.8, 4) is 0 Å². The second-order valence-electron chi connectivity index (χ2n) is 2.20. The third-order valence-electron chi connectivity index (χ3n) is 1.42. The van der Waals surface area contributed by atoms with Crippen LogP contribution in [0.5, 0.6) is 0 Å². The molecule has 0 unspecified atom stereocenters. The highest BCUT2D eigenvalue weighted by Gasteiger charge is 1.99. The van der Waals surface area contributed by atoms with E-state index >= 15 is 0 Å². The monoisotopic (exact) mass is 168 g/mol. The second kappa shape index (κ2) is 2.82. The first-order chi connectivity index (χ1) is 5.92. The molecule has 0 aliphatic heterocycles. The van der Waals surface area contributed by atoms with Gasteiger partial charge in [0, 0.05) is 0 Å². The number of rotatable bonds is 3. The second-order valence-corrected chi connectivity index (χ2v) is 2.20. The number of fused-ring (bicyclic) bond motifs is 1. The van der Waals surface area contributed by atoms with Crippen LogP contribution < -0.4 is 4.84 Å². The van der Waals surface area contributed by atoms with Crippen molar-refractivity contribution in [3.63, 3.8) is 0 Å². The van der Waals surface area contributed by atoms with E-state index in [4.69, 9.17) is 9.94 Å². The van der Waals surface area contributed by atoms with E-state index in [1.165, 1.54) is 11.2 Å². The van der Waals surface area contributed by atoms with Crippen LogP contribution in [-0.4, -0.2) is 37.6 Å². The Morgan fingerprint density at radius 2 is 2.42 bits per heavy atom. The molecule has 0 saturated carbocycles. The number of aliphatic hydroxyl groups is 1. The maximum absolute atomic E-state index is 8.50. The molecular formula is C6H8N4O2. The number of nitrogens with zero attached hydrogens (tertiary/aromatic N) is 4. The maximum atomic E-state index is 8.50. The molecule has 64 valence electrons. The molecule has 0 saturated heterocycles. The van der Waals surface area contributed by atoms with E-state index in [2.05, 4.69) is 9.97 Å². The number of hydrogen-bond donors (Lipinski definition) is 1. The van der Waals surface area contributed by atoms with Crippen molar-refractivity contribution >= 4 is 5.65 Å². The zero-order chi connectivity index (χ0) is 8.39. The van der Waals surface area contributed by atoms with Gasteiger partial charge in [-0.2, -0.15) is 4.52 Å². The summed E-state index contributed by atoms with van der Waals surface area (Å²) in [6.45, 7) is 0.220. The van der Waals surface area contributed by atoms with E-state index in [0.29, 0.717) is 5.65 Å². The molecule has 2 aromatic rings. The standard InChI is InChI=1S/C6H8N4O2/c11-1-2-12-10-5-8-6-3-7-4-9(6)10/h3-5,11H,1-2H2. The van der Waals surface area contributed by atoms with Crippen LogP contribution in [0.25, 0.3) is 5.65 Å². The molecule has 0 aromatic carbocycles. The van der Waals surface area contributed by atoms with Crippen molar-refractivity contribution in [3.05, 3.63) is 18.9 Å². The summed E-state index contributed by atoms with van der Waals surface area (Å²) >= 11 is 0. The van der Waals surface area contributed by atoms with Gasteiger partial charge < -0.3 is 9.94 Å². The Morgan fingerprint density at radius 3 is 3.25 bits per heavy atom. The Balaban J connectivity index is 2.28. The number of aromatic nitrogens is 4. The van der Waals surface area contributed by atoms with Crippen LogP contribution in [-0.2, 0) is 0 Å². The van der Waals surface area contributed by atoms with Gasteiger partial charge in [-0.05, 0) is 0 Å². The molecule has 0 spiro atoms. The average Bonchev–Trinajstić information content (AvgIpc) is 2.62. The average molecular weight is 168 g/mol. The fraction of sp³-hybridized carbons (Fsp3) is 0.333. The van der Waals surface area contributed by atoms with Gasteiger partial charge in [0.1, 0.15) is 12.9 Å². The molecule has 2 aromatic heterocycles. The third kappa shape index (κ3) is 1.02. The van der Waals surface area contributed by atoms with Crippen molar-refractivity contribution in [2.24, 2.45) is 0 Å². The Morgan fingerprint density at radius 1 is 1.50 bits per heavy atom. The number of imidazole rings is 1. The first-order valence-corrected chi connectivity index (χ1v) is 3.51. The summed E-state index contributed by atoms with van der Waals surface area (Å²) in [5, 5.41) is 8.50.